The third-order valence-electron chi connectivity index (χ3n) is 2.69. The maximum absolute atomic E-state index is 8.63. The number of aryl methyl sites for hydroxylation is 1. The summed E-state index contributed by atoms with van der Waals surface area (Å²) < 4.78 is 5.61. The Kier molecular flexibility index (Phi) is 3.97. The van der Waals surface area contributed by atoms with Gasteiger partial charge in [-0.05, 0) is 30.2 Å². The molecule has 2 aromatic rings. The first-order valence-electron chi connectivity index (χ1n) is 5.93. The number of benzene rings is 1. The molecule has 1 aromatic heterocycles. The standard InChI is InChI=1S/C14H15N3O2/c1-2-10-3-5-12(6-4-10)19-13-9-11(7-8-16-13)14(15)17-18/h3-9,18H,2H2,1H3,(H2,15,17). The molecule has 0 aliphatic carbocycles. The van der Waals surface area contributed by atoms with Crippen LogP contribution in [0.1, 0.15) is 18.1 Å². The van der Waals surface area contributed by atoms with Gasteiger partial charge in [-0.3, -0.25) is 0 Å². The molecule has 3 N–H and O–H groups in total. The van der Waals surface area contributed by atoms with Crippen LogP contribution < -0.4 is 10.5 Å². The van der Waals surface area contributed by atoms with Crippen LogP contribution in [0.3, 0.4) is 0 Å². The van der Waals surface area contributed by atoms with Crippen LogP contribution in [0.25, 0.3) is 0 Å². The molecular weight excluding hydrogens is 242 g/mol. The highest BCUT2D eigenvalue weighted by Gasteiger charge is 2.03. The molecule has 19 heavy (non-hydrogen) atoms. The van der Waals surface area contributed by atoms with E-state index in [9.17, 15) is 0 Å². The maximum atomic E-state index is 8.63. The number of hydrogen-bond donors (Lipinski definition) is 2. The minimum atomic E-state index is 0.0218. The number of pyridine rings is 1. The number of nitrogens with zero attached hydrogens (tertiary/aromatic N) is 2. The van der Waals surface area contributed by atoms with Gasteiger partial charge in [-0.15, -0.1) is 0 Å². The van der Waals surface area contributed by atoms with Crippen molar-refractivity contribution in [3.05, 3.63) is 53.7 Å². The van der Waals surface area contributed by atoms with E-state index in [0.717, 1.165) is 6.42 Å². The predicted molar refractivity (Wildman–Crippen MR) is 72.6 cm³/mol. The predicted octanol–water partition coefficient (Wildman–Crippen LogP) is 2.53. The quantitative estimate of drug-likeness (QED) is 0.381. The van der Waals surface area contributed by atoms with Gasteiger partial charge in [0.05, 0.1) is 0 Å². The maximum Gasteiger partial charge on any atom is 0.219 e. The Hall–Kier alpha value is -2.56. The van der Waals surface area contributed by atoms with E-state index in [1.807, 2.05) is 24.3 Å². The van der Waals surface area contributed by atoms with Gasteiger partial charge in [0.1, 0.15) is 5.75 Å². The van der Waals surface area contributed by atoms with E-state index in [-0.39, 0.29) is 5.84 Å². The second kappa shape index (κ2) is 5.86. The van der Waals surface area contributed by atoms with Crippen molar-refractivity contribution in [3.8, 4) is 11.6 Å². The zero-order valence-corrected chi connectivity index (χ0v) is 10.6. The molecule has 2 rings (SSSR count). The summed E-state index contributed by atoms with van der Waals surface area (Å²) in [5.74, 6) is 1.11. The molecule has 5 heteroatoms. The van der Waals surface area contributed by atoms with Crippen molar-refractivity contribution >= 4 is 5.84 Å². The van der Waals surface area contributed by atoms with E-state index in [4.69, 9.17) is 15.7 Å². The van der Waals surface area contributed by atoms with Crippen molar-refractivity contribution in [1.82, 2.24) is 4.98 Å². The van der Waals surface area contributed by atoms with Crippen molar-refractivity contribution in [1.29, 1.82) is 0 Å². The van der Waals surface area contributed by atoms with Crippen molar-refractivity contribution in [3.63, 3.8) is 0 Å². The highest BCUT2D eigenvalue weighted by atomic mass is 16.5. The molecule has 98 valence electrons. The highest BCUT2D eigenvalue weighted by molar-refractivity contribution is 5.97. The summed E-state index contributed by atoms with van der Waals surface area (Å²) >= 11 is 0. The Morgan fingerprint density at radius 2 is 2.05 bits per heavy atom. The van der Waals surface area contributed by atoms with E-state index in [1.165, 1.54) is 5.56 Å². The summed E-state index contributed by atoms with van der Waals surface area (Å²) in [5.41, 5.74) is 7.31. The first kappa shape index (κ1) is 12.9. The molecule has 0 bridgehead atoms. The number of hydrogen-bond acceptors (Lipinski definition) is 4. The number of rotatable bonds is 4. The van der Waals surface area contributed by atoms with Crippen LogP contribution in [0.15, 0.2) is 47.8 Å². The third-order valence-corrected chi connectivity index (χ3v) is 2.69. The van der Waals surface area contributed by atoms with Gasteiger partial charge in [-0.25, -0.2) is 4.98 Å². The second-order valence-electron chi connectivity index (χ2n) is 3.97. The molecule has 0 unspecified atom stereocenters. The lowest BCUT2D eigenvalue weighted by Gasteiger charge is -2.06. The van der Waals surface area contributed by atoms with Gasteiger partial charge >= 0.3 is 0 Å². The van der Waals surface area contributed by atoms with E-state index in [2.05, 4.69) is 17.1 Å². The number of nitrogens with two attached hydrogens (primary N) is 1. The average Bonchev–Trinajstić information content (AvgIpc) is 2.47. The molecular formula is C14H15N3O2. The molecule has 5 nitrogen and oxygen atoms in total. The summed E-state index contributed by atoms with van der Waals surface area (Å²) in [4.78, 5) is 4.08. The van der Waals surface area contributed by atoms with Gasteiger partial charge in [0, 0.05) is 17.8 Å². The zero-order chi connectivity index (χ0) is 13.7. The molecule has 0 spiro atoms. The van der Waals surface area contributed by atoms with Gasteiger partial charge in [-0.2, -0.15) is 0 Å². The zero-order valence-electron chi connectivity index (χ0n) is 10.6. The van der Waals surface area contributed by atoms with Gasteiger partial charge in [0.2, 0.25) is 5.88 Å². The second-order valence-corrected chi connectivity index (χ2v) is 3.97. The lowest BCUT2D eigenvalue weighted by atomic mass is 10.2. The lowest BCUT2D eigenvalue weighted by molar-refractivity contribution is 0.318. The Bertz CT molecular complexity index is 579. The number of aromatic nitrogens is 1. The van der Waals surface area contributed by atoms with E-state index < -0.39 is 0 Å². The Morgan fingerprint density at radius 3 is 2.68 bits per heavy atom. The fourth-order valence-electron chi connectivity index (χ4n) is 1.60. The summed E-state index contributed by atoms with van der Waals surface area (Å²) in [6.45, 7) is 2.10. The molecule has 0 radical (unpaired) electrons. The van der Waals surface area contributed by atoms with Crippen LogP contribution in [-0.2, 0) is 6.42 Å². The highest BCUT2D eigenvalue weighted by Crippen LogP contribution is 2.20. The fraction of sp³-hybridized carbons (Fsp3) is 0.143. The minimum Gasteiger partial charge on any atom is -0.439 e. The van der Waals surface area contributed by atoms with Crippen LogP contribution in [-0.4, -0.2) is 16.0 Å². The van der Waals surface area contributed by atoms with Gasteiger partial charge in [0.25, 0.3) is 0 Å². The normalized spacial score (nSPS) is 11.3. The molecule has 0 saturated heterocycles. The number of amidine groups is 1. The topological polar surface area (TPSA) is 80.7 Å². The Morgan fingerprint density at radius 1 is 1.32 bits per heavy atom. The SMILES string of the molecule is CCc1ccc(Oc2cc(/C(N)=N/O)ccn2)cc1. The van der Waals surface area contributed by atoms with Gasteiger partial charge in [-0.1, -0.05) is 24.2 Å². The molecule has 1 aromatic carbocycles. The average molecular weight is 257 g/mol. The molecule has 0 aliphatic rings. The first-order chi connectivity index (χ1) is 9.22. The largest absolute Gasteiger partial charge is 0.439 e. The van der Waals surface area contributed by atoms with E-state index >= 15 is 0 Å². The van der Waals surface area contributed by atoms with Crippen molar-refractivity contribution in [2.75, 3.05) is 0 Å². The summed E-state index contributed by atoms with van der Waals surface area (Å²) in [6.07, 6.45) is 2.53. The molecule has 0 atom stereocenters. The van der Waals surface area contributed by atoms with Crippen LogP contribution in [0, 0.1) is 0 Å². The Labute approximate surface area is 111 Å². The molecule has 1 heterocycles. The van der Waals surface area contributed by atoms with Crippen molar-refractivity contribution < 1.29 is 9.94 Å². The van der Waals surface area contributed by atoms with Crippen LogP contribution in [0.4, 0.5) is 0 Å². The van der Waals surface area contributed by atoms with Gasteiger partial charge in [0.15, 0.2) is 5.84 Å². The smallest absolute Gasteiger partial charge is 0.219 e. The summed E-state index contributed by atoms with van der Waals surface area (Å²) in [7, 11) is 0. The third kappa shape index (κ3) is 3.22. The molecule has 0 saturated carbocycles. The van der Waals surface area contributed by atoms with E-state index in [1.54, 1.807) is 18.3 Å². The van der Waals surface area contributed by atoms with Crippen molar-refractivity contribution in [2.24, 2.45) is 10.9 Å². The first-order valence-corrected chi connectivity index (χ1v) is 5.93. The molecule has 0 fully saturated rings. The lowest BCUT2D eigenvalue weighted by Crippen LogP contribution is -2.13. The summed E-state index contributed by atoms with van der Waals surface area (Å²) in [5, 5.41) is 11.6. The van der Waals surface area contributed by atoms with Crippen LogP contribution in [0.2, 0.25) is 0 Å². The minimum absolute atomic E-state index is 0.0218. The fourth-order valence-corrected chi connectivity index (χ4v) is 1.60. The molecule has 0 amide bonds. The van der Waals surface area contributed by atoms with Crippen LogP contribution >= 0.6 is 0 Å². The number of ether oxygens (including phenoxy) is 1. The Balaban J connectivity index is 2.18. The summed E-state index contributed by atoms with van der Waals surface area (Å²) in [6, 6.07) is 11.0. The number of oxime groups is 1. The van der Waals surface area contributed by atoms with Gasteiger partial charge < -0.3 is 15.7 Å². The monoisotopic (exact) mass is 257 g/mol. The van der Waals surface area contributed by atoms with E-state index in [0.29, 0.717) is 17.2 Å². The molecule has 0 aliphatic heterocycles. The van der Waals surface area contributed by atoms with Crippen molar-refractivity contribution in [2.45, 2.75) is 13.3 Å². The van der Waals surface area contributed by atoms with Crippen LogP contribution in [0.5, 0.6) is 11.6 Å².